The van der Waals surface area contributed by atoms with E-state index in [1.54, 1.807) is 12.1 Å². The van der Waals surface area contributed by atoms with Gasteiger partial charge in [-0.1, -0.05) is 0 Å². The van der Waals surface area contributed by atoms with Gasteiger partial charge in [0.1, 0.15) is 6.07 Å². The largest absolute Gasteiger partial charge is 0.354 e. The van der Waals surface area contributed by atoms with Crippen LogP contribution < -0.4 is 4.90 Å². The third-order valence-corrected chi connectivity index (χ3v) is 2.19. The molecule has 5 heteroatoms. The van der Waals surface area contributed by atoms with Gasteiger partial charge in [-0.15, -0.1) is 10.2 Å². The molecule has 16 heavy (non-hydrogen) atoms. The topological polar surface area (TPSA) is 76.6 Å². The average molecular weight is 215 g/mol. The summed E-state index contributed by atoms with van der Waals surface area (Å²) in [6.07, 6.45) is 0. The summed E-state index contributed by atoms with van der Waals surface area (Å²) < 4.78 is 0. The van der Waals surface area contributed by atoms with Crippen LogP contribution in [-0.4, -0.2) is 23.3 Å². The first-order valence-electron chi connectivity index (χ1n) is 5.09. The number of hydrogen-bond donors (Lipinski definition) is 0. The quantitative estimate of drug-likeness (QED) is 0.757. The van der Waals surface area contributed by atoms with Crippen molar-refractivity contribution < 1.29 is 0 Å². The molecule has 0 bridgehead atoms. The second-order valence-corrected chi connectivity index (χ2v) is 3.46. The van der Waals surface area contributed by atoms with Gasteiger partial charge in [0.05, 0.1) is 12.0 Å². The highest BCUT2D eigenvalue weighted by atomic mass is 15.3. The standard InChI is InChI=1S/C11H13N5/c1-3-16(8-9(2)6-12)11-5-4-10(7-13)14-15-11/h4-5,9H,3,8H2,1-2H3. The predicted octanol–water partition coefficient (Wildman–Crippen LogP) is 1.33. The van der Waals surface area contributed by atoms with Gasteiger partial charge in [-0.3, -0.25) is 0 Å². The second kappa shape index (κ2) is 5.67. The molecular formula is C11H13N5. The molecule has 0 N–H and O–H groups in total. The number of hydrogen-bond acceptors (Lipinski definition) is 5. The number of anilines is 1. The van der Waals surface area contributed by atoms with Gasteiger partial charge in [0.15, 0.2) is 11.5 Å². The Labute approximate surface area is 94.9 Å². The lowest BCUT2D eigenvalue weighted by molar-refractivity contribution is 0.674. The van der Waals surface area contributed by atoms with E-state index in [0.717, 1.165) is 6.54 Å². The predicted molar refractivity (Wildman–Crippen MR) is 59.4 cm³/mol. The maximum absolute atomic E-state index is 8.75. The Morgan fingerprint density at radius 3 is 2.56 bits per heavy atom. The van der Waals surface area contributed by atoms with E-state index in [1.807, 2.05) is 24.8 Å². The molecule has 1 atom stereocenters. The highest BCUT2D eigenvalue weighted by Crippen LogP contribution is 2.11. The van der Waals surface area contributed by atoms with Crippen molar-refractivity contribution in [2.24, 2.45) is 5.92 Å². The molecule has 0 fully saturated rings. The zero-order valence-corrected chi connectivity index (χ0v) is 9.38. The minimum atomic E-state index is -0.0580. The molecule has 5 nitrogen and oxygen atoms in total. The van der Waals surface area contributed by atoms with E-state index in [1.165, 1.54) is 0 Å². The van der Waals surface area contributed by atoms with Gasteiger partial charge in [-0.25, -0.2) is 0 Å². The van der Waals surface area contributed by atoms with Gasteiger partial charge < -0.3 is 4.90 Å². The normalized spacial score (nSPS) is 11.2. The maximum atomic E-state index is 8.75. The lowest BCUT2D eigenvalue weighted by Crippen LogP contribution is -2.28. The van der Waals surface area contributed by atoms with Gasteiger partial charge in [0, 0.05) is 13.1 Å². The van der Waals surface area contributed by atoms with Crippen molar-refractivity contribution in [3.05, 3.63) is 17.8 Å². The Hall–Kier alpha value is -2.14. The summed E-state index contributed by atoms with van der Waals surface area (Å²) in [5.74, 6) is 0.640. The van der Waals surface area contributed by atoms with E-state index in [0.29, 0.717) is 18.1 Å². The Morgan fingerprint density at radius 2 is 2.12 bits per heavy atom. The molecule has 1 unspecified atom stereocenters. The zero-order chi connectivity index (χ0) is 12.0. The minimum Gasteiger partial charge on any atom is -0.354 e. The monoisotopic (exact) mass is 215 g/mol. The van der Waals surface area contributed by atoms with Crippen molar-refractivity contribution in [2.45, 2.75) is 13.8 Å². The highest BCUT2D eigenvalue weighted by molar-refractivity contribution is 5.39. The molecule has 0 aliphatic rings. The van der Waals surface area contributed by atoms with Gasteiger partial charge in [0.2, 0.25) is 0 Å². The molecule has 0 spiro atoms. The summed E-state index contributed by atoms with van der Waals surface area (Å²) in [5.41, 5.74) is 0.299. The first-order chi connectivity index (χ1) is 7.71. The van der Waals surface area contributed by atoms with E-state index in [4.69, 9.17) is 10.5 Å². The fraction of sp³-hybridized carbons (Fsp3) is 0.455. The van der Waals surface area contributed by atoms with Gasteiger partial charge in [-0.2, -0.15) is 10.5 Å². The molecule has 0 aromatic carbocycles. The number of rotatable bonds is 4. The molecule has 0 aliphatic heterocycles. The zero-order valence-electron chi connectivity index (χ0n) is 9.38. The summed E-state index contributed by atoms with van der Waals surface area (Å²) in [4.78, 5) is 1.96. The minimum absolute atomic E-state index is 0.0580. The fourth-order valence-electron chi connectivity index (χ4n) is 1.31. The summed E-state index contributed by atoms with van der Waals surface area (Å²) in [6, 6.07) is 7.47. The van der Waals surface area contributed by atoms with Crippen molar-refractivity contribution in [1.29, 1.82) is 10.5 Å². The van der Waals surface area contributed by atoms with E-state index in [2.05, 4.69) is 16.3 Å². The van der Waals surface area contributed by atoms with Crippen LogP contribution in [0.3, 0.4) is 0 Å². The van der Waals surface area contributed by atoms with Gasteiger partial charge in [0.25, 0.3) is 0 Å². The molecule has 0 aliphatic carbocycles. The van der Waals surface area contributed by atoms with E-state index in [9.17, 15) is 0 Å². The first kappa shape index (κ1) is 11.9. The lowest BCUT2D eigenvalue weighted by atomic mass is 10.2. The van der Waals surface area contributed by atoms with E-state index < -0.39 is 0 Å². The van der Waals surface area contributed by atoms with Crippen molar-refractivity contribution in [3.8, 4) is 12.1 Å². The van der Waals surface area contributed by atoms with E-state index >= 15 is 0 Å². The van der Waals surface area contributed by atoms with Crippen LogP contribution in [0.25, 0.3) is 0 Å². The van der Waals surface area contributed by atoms with Crippen LogP contribution in [0, 0.1) is 28.6 Å². The molecule has 1 heterocycles. The van der Waals surface area contributed by atoms with Crippen molar-refractivity contribution in [2.75, 3.05) is 18.0 Å². The Morgan fingerprint density at radius 1 is 1.38 bits per heavy atom. The maximum Gasteiger partial charge on any atom is 0.163 e. The lowest BCUT2D eigenvalue weighted by Gasteiger charge is -2.22. The molecule has 1 aromatic rings. The summed E-state index contributed by atoms with van der Waals surface area (Å²) in [5, 5.41) is 25.1. The van der Waals surface area contributed by atoms with E-state index in [-0.39, 0.29) is 5.92 Å². The summed E-state index contributed by atoms with van der Waals surface area (Å²) in [7, 11) is 0. The van der Waals surface area contributed by atoms with Crippen LogP contribution in [0.2, 0.25) is 0 Å². The molecule has 1 aromatic heterocycles. The van der Waals surface area contributed by atoms with Crippen LogP contribution in [0.4, 0.5) is 5.82 Å². The highest BCUT2D eigenvalue weighted by Gasteiger charge is 2.10. The van der Waals surface area contributed by atoms with Gasteiger partial charge in [-0.05, 0) is 26.0 Å². The SMILES string of the molecule is CCN(CC(C)C#N)c1ccc(C#N)nn1. The van der Waals surface area contributed by atoms with Crippen LogP contribution in [0.5, 0.6) is 0 Å². The third kappa shape index (κ3) is 2.93. The smallest absolute Gasteiger partial charge is 0.163 e. The van der Waals surface area contributed by atoms with Crippen LogP contribution in [0.1, 0.15) is 19.5 Å². The van der Waals surface area contributed by atoms with Crippen molar-refractivity contribution in [1.82, 2.24) is 10.2 Å². The molecule has 82 valence electrons. The molecule has 1 rings (SSSR count). The van der Waals surface area contributed by atoms with Crippen LogP contribution >= 0.6 is 0 Å². The van der Waals surface area contributed by atoms with Crippen molar-refractivity contribution in [3.63, 3.8) is 0 Å². The molecule has 0 saturated heterocycles. The van der Waals surface area contributed by atoms with Crippen LogP contribution in [-0.2, 0) is 0 Å². The Balaban J connectivity index is 2.80. The third-order valence-electron chi connectivity index (χ3n) is 2.19. The number of aromatic nitrogens is 2. The van der Waals surface area contributed by atoms with Crippen molar-refractivity contribution >= 4 is 5.82 Å². The Bertz CT molecular complexity index is 411. The first-order valence-corrected chi connectivity index (χ1v) is 5.09. The molecular weight excluding hydrogens is 202 g/mol. The second-order valence-electron chi connectivity index (χ2n) is 3.46. The molecule has 0 amide bonds. The summed E-state index contributed by atoms with van der Waals surface area (Å²) >= 11 is 0. The van der Waals surface area contributed by atoms with Gasteiger partial charge >= 0.3 is 0 Å². The summed E-state index contributed by atoms with van der Waals surface area (Å²) in [6.45, 7) is 5.23. The number of nitrogens with zero attached hydrogens (tertiary/aromatic N) is 5. The average Bonchev–Trinajstić information content (AvgIpc) is 2.35. The molecule has 0 saturated carbocycles. The molecule has 0 radical (unpaired) electrons. The number of nitriles is 2. The Kier molecular flexibility index (Phi) is 4.23. The van der Waals surface area contributed by atoms with Crippen LogP contribution in [0.15, 0.2) is 12.1 Å². The fourth-order valence-corrected chi connectivity index (χ4v) is 1.31.